The molecule has 0 saturated heterocycles. The van der Waals surface area contributed by atoms with Crippen molar-refractivity contribution in [3.05, 3.63) is 29.8 Å². The number of carbonyl (C=O) groups is 1. The van der Waals surface area contributed by atoms with Crippen LogP contribution in [0.25, 0.3) is 0 Å². The van der Waals surface area contributed by atoms with Crippen molar-refractivity contribution in [2.45, 2.75) is 33.2 Å². The molecule has 1 rings (SSSR count). The van der Waals surface area contributed by atoms with Crippen molar-refractivity contribution in [1.29, 1.82) is 0 Å². The van der Waals surface area contributed by atoms with E-state index in [4.69, 9.17) is 4.74 Å². The summed E-state index contributed by atoms with van der Waals surface area (Å²) >= 11 is 0. The molecular formula is C17H28N2O2. The van der Waals surface area contributed by atoms with E-state index in [1.165, 1.54) is 5.56 Å². The van der Waals surface area contributed by atoms with Gasteiger partial charge in [0.15, 0.2) is 0 Å². The molecule has 1 N–H and O–H groups in total. The smallest absolute Gasteiger partial charge is 0.226 e. The maximum Gasteiger partial charge on any atom is 0.226 e. The van der Waals surface area contributed by atoms with Gasteiger partial charge in [-0.2, -0.15) is 0 Å². The highest BCUT2D eigenvalue weighted by atomic mass is 16.5. The summed E-state index contributed by atoms with van der Waals surface area (Å²) in [6.07, 6.45) is 0.857. The predicted molar refractivity (Wildman–Crippen MR) is 86.6 cm³/mol. The molecule has 0 aromatic heterocycles. The first-order valence-corrected chi connectivity index (χ1v) is 7.61. The minimum Gasteiger partial charge on any atom is -0.497 e. The molecule has 0 aliphatic heterocycles. The van der Waals surface area contributed by atoms with Crippen molar-refractivity contribution >= 4 is 5.91 Å². The van der Waals surface area contributed by atoms with Crippen LogP contribution in [0.3, 0.4) is 0 Å². The van der Waals surface area contributed by atoms with Gasteiger partial charge in [0.05, 0.1) is 7.11 Å². The topological polar surface area (TPSA) is 41.6 Å². The van der Waals surface area contributed by atoms with Gasteiger partial charge in [0, 0.05) is 25.0 Å². The van der Waals surface area contributed by atoms with Crippen molar-refractivity contribution in [2.24, 2.45) is 5.92 Å². The van der Waals surface area contributed by atoms with Crippen LogP contribution in [0.4, 0.5) is 0 Å². The van der Waals surface area contributed by atoms with Gasteiger partial charge in [-0.25, -0.2) is 0 Å². The average molecular weight is 292 g/mol. The van der Waals surface area contributed by atoms with Crippen molar-refractivity contribution in [2.75, 3.05) is 27.2 Å². The first kappa shape index (κ1) is 17.5. The zero-order valence-electron chi connectivity index (χ0n) is 13.8. The Balaban J connectivity index is 2.69. The van der Waals surface area contributed by atoms with E-state index in [2.05, 4.69) is 24.4 Å². The SMILES string of the molecule is CCN(C(=O)C(C)CNC)C(C)Cc1ccc(OC)cc1. The molecule has 4 nitrogen and oxygen atoms in total. The molecule has 0 bridgehead atoms. The van der Waals surface area contributed by atoms with Gasteiger partial charge in [0.2, 0.25) is 5.91 Å². The summed E-state index contributed by atoms with van der Waals surface area (Å²) in [5.41, 5.74) is 1.22. The van der Waals surface area contributed by atoms with E-state index in [-0.39, 0.29) is 17.9 Å². The number of hydrogen-bond donors (Lipinski definition) is 1. The highest BCUT2D eigenvalue weighted by Crippen LogP contribution is 2.15. The fourth-order valence-corrected chi connectivity index (χ4v) is 2.57. The van der Waals surface area contributed by atoms with E-state index in [0.29, 0.717) is 6.54 Å². The average Bonchev–Trinajstić information content (AvgIpc) is 2.48. The van der Waals surface area contributed by atoms with Gasteiger partial charge in [-0.3, -0.25) is 4.79 Å². The normalized spacial score (nSPS) is 13.6. The predicted octanol–water partition coefficient (Wildman–Crippen LogP) is 2.33. The summed E-state index contributed by atoms with van der Waals surface area (Å²) in [7, 11) is 3.54. The maximum absolute atomic E-state index is 12.5. The molecule has 1 aromatic carbocycles. The summed E-state index contributed by atoms with van der Waals surface area (Å²) in [6.45, 7) is 7.57. The van der Waals surface area contributed by atoms with Gasteiger partial charge in [0.25, 0.3) is 0 Å². The van der Waals surface area contributed by atoms with Gasteiger partial charge in [-0.1, -0.05) is 19.1 Å². The van der Waals surface area contributed by atoms with Crippen LogP contribution in [0.1, 0.15) is 26.3 Å². The molecule has 0 aliphatic rings. The number of likely N-dealkylation sites (N-methyl/N-ethyl adjacent to an activating group) is 1. The lowest BCUT2D eigenvalue weighted by Gasteiger charge is -2.30. The molecule has 0 saturated carbocycles. The van der Waals surface area contributed by atoms with E-state index in [9.17, 15) is 4.79 Å². The zero-order valence-corrected chi connectivity index (χ0v) is 13.8. The second kappa shape index (κ2) is 8.67. The standard InChI is InChI=1S/C17H28N2O2/c1-6-19(17(20)13(2)12-18-4)14(3)11-15-7-9-16(21-5)10-8-15/h7-10,13-14,18H,6,11-12H2,1-5H3. The van der Waals surface area contributed by atoms with Crippen LogP contribution in [0.5, 0.6) is 5.75 Å². The molecule has 0 fully saturated rings. The minimum absolute atomic E-state index is 0.00765. The Bertz CT molecular complexity index is 431. The third-order valence-corrected chi connectivity index (χ3v) is 3.78. The Hall–Kier alpha value is -1.55. The van der Waals surface area contributed by atoms with Gasteiger partial charge >= 0.3 is 0 Å². The number of hydrogen-bond acceptors (Lipinski definition) is 3. The van der Waals surface area contributed by atoms with Gasteiger partial charge in [-0.05, 0) is 45.0 Å². The number of nitrogens with zero attached hydrogens (tertiary/aromatic N) is 1. The van der Waals surface area contributed by atoms with Gasteiger partial charge in [-0.15, -0.1) is 0 Å². The highest BCUT2D eigenvalue weighted by molar-refractivity contribution is 5.79. The lowest BCUT2D eigenvalue weighted by atomic mass is 10.0. The Morgan fingerprint density at radius 1 is 1.29 bits per heavy atom. The summed E-state index contributed by atoms with van der Waals surface area (Å²) < 4.78 is 5.17. The number of methoxy groups -OCH3 is 1. The van der Waals surface area contributed by atoms with E-state index < -0.39 is 0 Å². The number of carbonyl (C=O) groups excluding carboxylic acids is 1. The Kier molecular flexibility index (Phi) is 7.23. The van der Waals surface area contributed by atoms with Gasteiger partial charge in [0.1, 0.15) is 5.75 Å². The fourth-order valence-electron chi connectivity index (χ4n) is 2.57. The van der Waals surface area contributed by atoms with E-state index >= 15 is 0 Å². The molecule has 0 heterocycles. The van der Waals surface area contributed by atoms with Gasteiger partial charge < -0.3 is 15.0 Å². The molecular weight excluding hydrogens is 264 g/mol. The van der Waals surface area contributed by atoms with Crippen LogP contribution in [0, 0.1) is 5.92 Å². The van der Waals surface area contributed by atoms with Crippen LogP contribution in [0.2, 0.25) is 0 Å². The molecule has 0 radical (unpaired) electrons. The molecule has 1 aromatic rings. The number of nitrogens with one attached hydrogen (secondary N) is 1. The lowest BCUT2D eigenvalue weighted by molar-refractivity contribution is -0.136. The third kappa shape index (κ3) is 5.05. The van der Waals surface area contributed by atoms with Crippen LogP contribution < -0.4 is 10.1 Å². The number of amides is 1. The van der Waals surface area contributed by atoms with Crippen molar-refractivity contribution in [3.8, 4) is 5.75 Å². The highest BCUT2D eigenvalue weighted by Gasteiger charge is 2.23. The summed E-state index contributed by atoms with van der Waals surface area (Å²) in [6, 6.07) is 8.23. The second-order valence-electron chi connectivity index (χ2n) is 5.48. The fraction of sp³-hybridized carbons (Fsp3) is 0.588. The Labute approximate surface area is 128 Å². The Morgan fingerprint density at radius 2 is 1.90 bits per heavy atom. The first-order chi connectivity index (χ1) is 10.0. The zero-order chi connectivity index (χ0) is 15.8. The van der Waals surface area contributed by atoms with Crippen LogP contribution >= 0.6 is 0 Å². The molecule has 118 valence electrons. The van der Waals surface area contributed by atoms with Crippen molar-refractivity contribution in [1.82, 2.24) is 10.2 Å². The van der Waals surface area contributed by atoms with E-state index in [0.717, 1.165) is 18.7 Å². The number of rotatable bonds is 8. The lowest BCUT2D eigenvalue weighted by Crippen LogP contribution is -2.44. The van der Waals surface area contributed by atoms with E-state index in [1.54, 1.807) is 7.11 Å². The van der Waals surface area contributed by atoms with Crippen LogP contribution in [0.15, 0.2) is 24.3 Å². The van der Waals surface area contributed by atoms with Crippen LogP contribution in [-0.4, -0.2) is 44.1 Å². The van der Waals surface area contributed by atoms with E-state index in [1.807, 2.05) is 37.9 Å². The largest absolute Gasteiger partial charge is 0.497 e. The maximum atomic E-state index is 12.5. The number of ether oxygens (including phenoxy) is 1. The molecule has 0 aliphatic carbocycles. The molecule has 1 amide bonds. The quantitative estimate of drug-likeness (QED) is 0.799. The summed E-state index contributed by atoms with van der Waals surface area (Å²) in [5, 5.41) is 3.07. The molecule has 4 heteroatoms. The monoisotopic (exact) mass is 292 g/mol. The van der Waals surface area contributed by atoms with Crippen molar-refractivity contribution < 1.29 is 9.53 Å². The molecule has 21 heavy (non-hydrogen) atoms. The minimum atomic E-state index is 0.00765. The molecule has 2 unspecified atom stereocenters. The Morgan fingerprint density at radius 3 is 2.38 bits per heavy atom. The summed E-state index contributed by atoms with van der Waals surface area (Å²) in [4.78, 5) is 14.4. The van der Waals surface area contributed by atoms with Crippen molar-refractivity contribution in [3.63, 3.8) is 0 Å². The molecule has 2 atom stereocenters. The summed E-state index contributed by atoms with van der Waals surface area (Å²) in [5.74, 6) is 1.08. The third-order valence-electron chi connectivity index (χ3n) is 3.78. The first-order valence-electron chi connectivity index (χ1n) is 7.61. The van der Waals surface area contributed by atoms with Crippen LogP contribution in [-0.2, 0) is 11.2 Å². The number of benzene rings is 1. The molecule has 0 spiro atoms. The second-order valence-corrected chi connectivity index (χ2v) is 5.48.